The van der Waals surface area contributed by atoms with Crippen LogP contribution < -0.4 is 5.32 Å². The van der Waals surface area contributed by atoms with Crippen LogP contribution in [0.4, 0.5) is 0 Å². The van der Waals surface area contributed by atoms with Crippen LogP contribution in [0.3, 0.4) is 0 Å². The van der Waals surface area contributed by atoms with Gasteiger partial charge in [-0.05, 0) is 32.3 Å². The number of hydrogen-bond donors (Lipinski definition) is 1. The number of nitrogens with zero attached hydrogens (tertiary/aromatic N) is 1. The number of fused-ring (bicyclic) bond motifs is 1. The van der Waals surface area contributed by atoms with Crippen LogP contribution in [-0.2, 0) is 0 Å². The number of benzene rings is 1. The van der Waals surface area contributed by atoms with E-state index in [2.05, 4.69) is 43.2 Å². The van der Waals surface area contributed by atoms with E-state index in [0.29, 0.717) is 0 Å². The van der Waals surface area contributed by atoms with E-state index in [0.717, 1.165) is 31.0 Å². The van der Waals surface area contributed by atoms with E-state index in [4.69, 9.17) is 4.42 Å². The molecule has 1 N–H and O–H groups in total. The van der Waals surface area contributed by atoms with Gasteiger partial charge in [0.25, 0.3) is 0 Å². The minimum atomic E-state index is 0.257. The van der Waals surface area contributed by atoms with Crippen molar-refractivity contribution in [2.45, 2.75) is 19.9 Å². The summed E-state index contributed by atoms with van der Waals surface area (Å²) in [4.78, 5) is 2.29. The molecule has 0 fully saturated rings. The molecule has 1 atom stereocenters. The number of furan rings is 1. The molecule has 0 radical (unpaired) electrons. The molecule has 18 heavy (non-hydrogen) atoms. The van der Waals surface area contributed by atoms with E-state index in [1.165, 1.54) is 5.39 Å². The number of para-hydroxylation sites is 1. The van der Waals surface area contributed by atoms with E-state index in [1.54, 1.807) is 0 Å². The van der Waals surface area contributed by atoms with Crippen molar-refractivity contribution in [3.05, 3.63) is 36.1 Å². The number of hydrogen-bond acceptors (Lipinski definition) is 3. The molecule has 1 heterocycles. The van der Waals surface area contributed by atoms with Crippen molar-refractivity contribution in [3.63, 3.8) is 0 Å². The maximum Gasteiger partial charge on any atom is 0.134 e. The molecule has 1 unspecified atom stereocenters. The zero-order valence-electron chi connectivity index (χ0n) is 11.4. The van der Waals surface area contributed by atoms with E-state index in [1.807, 2.05) is 18.2 Å². The highest BCUT2D eigenvalue weighted by molar-refractivity contribution is 5.77. The summed E-state index contributed by atoms with van der Waals surface area (Å²) in [5.41, 5.74) is 0.967. The van der Waals surface area contributed by atoms with Crippen molar-refractivity contribution < 1.29 is 4.42 Å². The molecule has 1 aromatic carbocycles. The lowest BCUT2D eigenvalue weighted by Gasteiger charge is -2.21. The van der Waals surface area contributed by atoms with Gasteiger partial charge in [0, 0.05) is 11.9 Å². The summed E-state index contributed by atoms with van der Waals surface area (Å²) in [6, 6.07) is 10.6. The van der Waals surface area contributed by atoms with Crippen molar-refractivity contribution in [2.75, 3.05) is 26.7 Å². The summed E-state index contributed by atoms with van der Waals surface area (Å²) in [5.74, 6) is 1.03. The Hall–Kier alpha value is -1.32. The van der Waals surface area contributed by atoms with Gasteiger partial charge in [0.05, 0.1) is 6.04 Å². The van der Waals surface area contributed by atoms with E-state index in [-0.39, 0.29) is 6.04 Å². The van der Waals surface area contributed by atoms with Crippen LogP contribution in [0, 0.1) is 0 Å². The lowest BCUT2D eigenvalue weighted by atomic mass is 10.2. The fourth-order valence-electron chi connectivity index (χ4n) is 2.12. The predicted molar refractivity (Wildman–Crippen MR) is 75.8 cm³/mol. The number of rotatable bonds is 6. The molecule has 3 heteroatoms. The lowest BCUT2D eigenvalue weighted by Crippen LogP contribution is -2.32. The van der Waals surface area contributed by atoms with Gasteiger partial charge in [0.2, 0.25) is 0 Å². The van der Waals surface area contributed by atoms with Gasteiger partial charge in [-0.2, -0.15) is 0 Å². The second-order valence-corrected chi connectivity index (χ2v) is 4.65. The maximum atomic E-state index is 5.94. The summed E-state index contributed by atoms with van der Waals surface area (Å²) in [6.07, 6.45) is 0. The molecule has 0 aliphatic carbocycles. The van der Waals surface area contributed by atoms with Crippen molar-refractivity contribution in [1.29, 1.82) is 0 Å². The van der Waals surface area contributed by atoms with E-state index in [9.17, 15) is 0 Å². The van der Waals surface area contributed by atoms with Crippen molar-refractivity contribution in [1.82, 2.24) is 10.2 Å². The summed E-state index contributed by atoms with van der Waals surface area (Å²) in [7, 11) is 2.13. The minimum Gasteiger partial charge on any atom is -0.459 e. The fraction of sp³-hybridized carbons (Fsp3) is 0.467. The van der Waals surface area contributed by atoms with Crippen molar-refractivity contribution in [2.24, 2.45) is 0 Å². The topological polar surface area (TPSA) is 28.4 Å². The summed E-state index contributed by atoms with van der Waals surface area (Å²) in [5, 5.41) is 4.67. The highest BCUT2D eigenvalue weighted by Gasteiger charge is 2.16. The lowest BCUT2D eigenvalue weighted by molar-refractivity contribution is 0.285. The average molecular weight is 246 g/mol. The Bertz CT molecular complexity index is 459. The van der Waals surface area contributed by atoms with Gasteiger partial charge in [-0.3, -0.25) is 0 Å². The van der Waals surface area contributed by atoms with Crippen LogP contribution in [0.15, 0.2) is 34.7 Å². The van der Waals surface area contributed by atoms with E-state index < -0.39 is 0 Å². The summed E-state index contributed by atoms with van der Waals surface area (Å²) >= 11 is 0. The smallest absolute Gasteiger partial charge is 0.134 e. The number of nitrogens with one attached hydrogen (secondary N) is 1. The Labute approximate surface area is 109 Å². The molecule has 0 bridgehead atoms. The fourth-order valence-corrected chi connectivity index (χ4v) is 2.12. The Balaban J connectivity index is 2.23. The van der Waals surface area contributed by atoms with Gasteiger partial charge < -0.3 is 14.6 Å². The monoisotopic (exact) mass is 246 g/mol. The zero-order chi connectivity index (χ0) is 13.0. The molecule has 0 aliphatic heterocycles. The second-order valence-electron chi connectivity index (χ2n) is 4.65. The molecule has 98 valence electrons. The average Bonchev–Trinajstić information content (AvgIpc) is 2.81. The summed E-state index contributed by atoms with van der Waals surface area (Å²) < 4.78 is 5.94. The van der Waals surface area contributed by atoms with Crippen LogP contribution in [0.25, 0.3) is 11.0 Å². The molecule has 2 rings (SSSR count). The van der Waals surface area contributed by atoms with Gasteiger partial charge in [-0.1, -0.05) is 32.0 Å². The van der Waals surface area contributed by atoms with Crippen LogP contribution in [0.1, 0.15) is 25.6 Å². The molecule has 0 aliphatic rings. The minimum absolute atomic E-state index is 0.257. The molecular weight excluding hydrogens is 224 g/mol. The maximum absolute atomic E-state index is 5.94. The molecular formula is C15H22N2O. The standard InChI is InChI=1S/C15H22N2O/c1-4-16-13(11-17(3)5-2)15-10-12-8-6-7-9-14(12)18-15/h6-10,13,16H,4-5,11H2,1-3H3. The van der Waals surface area contributed by atoms with Gasteiger partial charge in [-0.25, -0.2) is 0 Å². The molecule has 2 aromatic rings. The first-order chi connectivity index (χ1) is 8.74. The first kappa shape index (κ1) is 13.1. The number of likely N-dealkylation sites (N-methyl/N-ethyl adjacent to an activating group) is 2. The molecule has 0 saturated heterocycles. The van der Waals surface area contributed by atoms with Crippen molar-refractivity contribution >= 4 is 11.0 Å². The highest BCUT2D eigenvalue weighted by atomic mass is 16.3. The third kappa shape index (κ3) is 2.92. The molecule has 1 aromatic heterocycles. The van der Waals surface area contributed by atoms with Crippen LogP contribution >= 0.6 is 0 Å². The Morgan fingerprint density at radius 1 is 1.28 bits per heavy atom. The molecule has 0 saturated carbocycles. The van der Waals surface area contributed by atoms with Gasteiger partial charge >= 0.3 is 0 Å². The zero-order valence-corrected chi connectivity index (χ0v) is 11.4. The summed E-state index contributed by atoms with van der Waals surface area (Å²) in [6.45, 7) is 7.24. The van der Waals surface area contributed by atoms with Crippen LogP contribution in [0.2, 0.25) is 0 Å². The third-order valence-corrected chi connectivity index (χ3v) is 3.27. The SMILES string of the molecule is CCNC(CN(C)CC)c1cc2ccccc2o1. The van der Waals surface area contributed by atoms with Crippen LogP contribution in [-0.4, -0.2) is 31.6 Å². The Morgan fingerprint density at radius 2 is 2.06 bits per heavy atom. The van der Waals surface area contributed by atoms with Crippen LogP contribution in [0.5, 0.6) is 0 Å². The van der Waals surface area contributed by atoms with Gasteiger partial charge in [0.15, 0.2) is 0 Å². The Kier molecular flexibility index (Phi) is 4.39. The molecule has 3 nitrogen and oxygen atoms in total. The second kappa shape index (κ2) is 6.03. The van der Waals surface area contributed by atoms with Gasteiger partial charge in [-0.15, -0.1) is 0 Å². The highest BCUT2D eigenvalue weighted by Crippen LogP contribution is 2.24. The largest absolute Gasteiger partial charge is 0.459 e. The normalized spacial score (nSPS) is 13.3. The first-order valence-electron chi connectivity index (χ1n) is 6.65. The third-order valence-electron chi connectivity index (χ3n) is 3.27. The Morgan fingerprint density at radius 3 is 2.72 bits per heavy atom. The predicted octanol–water partition coefficient (Wildman–Crippen LogP) is 3.04. The molecule has 0 amide bonds. The first-order valence-corrected chi connectivity index (χ1v) is 6.65. The van der Waals surface area contributed by atoms with Gasteiger partial charge in [0.1, 0.15) is 11.3 Å². The quantitative estimate of drug-likeness (QED) is 0.849. The van der Waals surface area contributed by atoms with Crippen molar-refractivity contribution in [3.8, 4) is 0 Å². The molecule has 0 spiro atoms. The van der Waals surface area contributed by atoms with E-state index >= 15 is 0 Å².